The highest BCUT2D eigenvalue weighted by molar-refractivity contribution is 9.10. The Hall–Kier alpha value is -1.90. The summed E-state index contributed by atoms with van der Waals surface area (Å²) in [6.07, 6.45) is 0. The van der Waals surface area contributed by atoms with E-state index in [-0.39, 0.29) is 18.0 Å². The van der Waals surface area contributed by atoms with Crippen LogP contribution >= 0.6 is 15.9 Å². The van der Waals surface area contributed by atoms with Crippen LogP contribution < -0.4 is 11.2 Å². The molecule has 0 unspecified atom stereocenters. The molecule has 8 nitrogen and oxygen atoms in total. The minimum Gasteiger partial charge on any atom is -0.342 e. The Kier molecular flexibility index (Phi) is 4.55. The van der Waals surface area contributed by atoms with Gasteiger partial charge in [0.1, 0.15) is 6.54 Å². The van der Waals surface area contributed by atoms with Crippen LogP contribution in [0.25, 0.3) is 11.2 Å². The smallest absolute Gasteiger partial charge is 0.332 e. The maximum absolute atomic E-state index is 12.3. The summed E-state index contributed by atoms with van der Waals surface area (Å²) in [5, 5.41) is 0. The molecular weight excluding hydrogens is 354 g/mol. The molecule has 120 valence electrons. The molecule has 0 aliphatic rings. The van der Waals surface area contributed by atoms with Gasteiger partial charge in [-0.2, -0.15) is 0 Å². The van der Waals surface area contributed by atoms with Crippen molar-refractivity contribution in [2.45, 2.75) is 20.4 Å². The van der Waals surface area contributed by atoms with E-state index in [4.69, 9.17) is 0 Å². The van der Waals surface area contributed by atoms with Gasteiger partial charge in [0.05, 0.1) is 0 Å². The normalized spacial score (nSPS) is 11.1. The molecule has 0 fully saturated rings. The molecule has 0 saturated heterocycles. The van der Waals surface area contributed by atoms with E-state index in [9.17, 15) is 14.4 Å². The van der Waals surface area contributed by atoms with Crippen molar-refractivity contribution < 1.29 is 4.79 Å². The molecule has 2 aromatic rings. The molecule has 0 bridgehead atoms. The number of fused-ring (bicyclic) bond motifs is 1. The Morgan fingerprint density at radius 2 is 1.77 bits per heavy atom. The molecule has 0 aliphatic carbocycles. The predicted octanol–water partition coefficient (Wildman–Crippen LogP) is 0.0646. The van der Waals surface area contributed by atoms with Gasteiger partial charge in [0, 0.05) is 27.2 Å². The van der Waals surface area contributed by atoms with Gasteiger partial charge in [-0.1, -0.05) is 0 Å². The van der Waals surface area contributed by atoms with Gasteiger partial charge in [-0.15, -0.1) is 0 Å². The highest BCUT2D eigenvalue weighted by atomic mass is 79.9. The van der Waals surface area contributed by atoms with Crippen LogP contribution in [-0.2, 0) is 25.4 Å². The number of amides is 1. The molecule has 2 heterocycles. The number of carbonyl (C=O) groups excluding carboxylic acids is 1. The summed E-state index contributed by atoms with van der Waals surface area (Å²) in [5.74, 6) is -0.0990. The zero-order valence-corrected chi connectivity index (χ0v) is 14.5. The van der Waals surface area contributed by atoms with E-state index in [0.717, 1.165) is 4.57 Å². The van der Waals surface area contributed by atoms with Crippen molar-refractivity contribution in [3.05, 3.63) is 25.6 Å². The lowest BCUT2D eigenvalue weighted by Crippen LogP contribution is -2.38. The van der Waals surface area contributed by atoms with Crippen LogP contribution in [0.2, 0.25) is 0 Å². The molecule has 0 N–H and O–H groups in total. The largest absolute Gasteiger partial charge is 0.342 e. The molecule has 0 aromatic carbocycles. The Morgan fingerprint density at radius 3 is 2.32 bits per heavy atom. The van der Waals surface area contributed by atoms with Crippen LogP contribution in [0.4, 0.5) is 0 Å². The number of hydrogen-bond donors (Lipinski definition) is 0. The fraction of sp³-hybridized carbons (Fsp3) is 0.538. The molecule has 9 heteroatoms. The molecule has 0 aliphatic heterocycles. The van der Waals surface area contributed by atoms with Gasteiger partial charge in [-0.05, 0) is 29.8 Å². The van der Waals surface area contributed by atoms with Crippen LogP contribution in [0, 0.1) is 0 Å². The second-order valence-corrected chi connectivity index (χ2v) is 5.62. The SMILES string of the molecule is CCN(CC)C(=O)Cn1c(Br)nc2c(=O)n(C)c(=O)n(C)c21. The lowest BCUT2D eigenvalue weighted by molar-refractivity contribution is -0.131. The number of aryl methyl sites for hydroxylation is 1. The van der Waals surface area contributed by atoms with Gasteiger partial charge >= 0.3 is 5.69 Å². The fourth-order valence-electron chi connectivity index (χ4n) is 2.41. The summed E-state index contributed by atoms with van der Waals surface area (Å²) < 4.78 is 4.21. The topological polar surface area (TPSA) is 82.1 Å². The minimum absolute atomic E-state index is 0.0131. The Morgan fingerprint density at radius 1 is 1.18 bits per heavy atom. The maximum atomic E-state index is 12.3. The minimum atomic E-state index is -0.479. The molecule has 0 spiro atoms. The Bertz CT molecular complexity index is 844. The van der Waals surface area contributed by atoms with Crippen LogP contribution in [0.3, 0.4) is 0 Å². The van der Waals surface area contributed by atoms with Crippen molar-refractivity contribution in [1.82, 2.24) is 23.6 Å². The van der Waals surface area contributed by atoms with Gasteiger partial charge < -0.3 is 4.90 Å². The highest BCUT2D eigenvalue weighted by Gasteiger charge is 2.20. The lowest BCUT2D eigenvalue weighted by Gasteiger charge is -2.19. The summed E-state index contributed by atoms with van der Waals surface area (Å²) in [6.45, 7) is 5.00. The summed E-state index contributed by atoms with van der Waals surface area (Å²) in [7, 11) is 2.95. The van der Waals surface area contributed by atoms with E-state index < -0.39 is 11.2 Å². The number of hydrogen-bond acceptors (Lipinski definition) is 4. The van der Waals surface area contributed by atoms with Gasteiger partial charge in [0.25, 0.3) is 5.56 Å². The summed E-state index contributed by atoms with van der Waals surface area (Å²) in [6, 6.07) is 0. The standard InChI is InChI=1S/C13H18BrN5O3/c1-5-18(6-2)8(20)7-19-10-9(15-12(19)14)11(21)17(4)13(22)16(10)3/h5-7H2,1-4H3. The molecule has 2 rings (SSSR count). The molecule has 0 saturated carbocycles. The van der Waals surface area contributed by atoms with Crippen LogP contribution in [0.5, 0.6) is 0 Å². The van der Waals surface area contributed by atoms with Gasteiger partial charge in [0.2, 0.25) is 5.91 Å². The average molecular weight is 372 g/mol. The first kappa shape index (κ1) is 16.5. The summed E-state index contributed by atoms with van der Waals surface area (Å²) in [5.41, 5.74) is -0.446. The third-order valence-electron chi connectivity index (χ3n) is 3.70. The third kappa shape index (κ3) is 2.49. The van der Waals surface area contributed by atoms with E-state index in [1.165, 1.54) is 11.6 Å². The van der Waals surface area contributed by atoms with E-state index in [1.54, 1.807) is 16.5 Å². The van der Waals surface area contributed by atoms with E-state index >= 15 is 0 Å². The second-order valence-electron chi connectivity index (χ2n) is 4.91. The van der Waals surface area contributed by atoms with E-state index in [0.29, 0.717) is 23.5 Å². The first-order valence-electron chi connectivity index (χ1n) is 6.92. The van der Waals surface area contributed by atoms with Crippen molar-refractivity contribution in [2.24, 2.45) is 14.1 Å². The molecule has 22 heavy (non-hydrogen) atoms. The van der Waals surface area contributed by atoms with Crippen molar-refractivity contribution in [3.8, 4) is 0 Å². The molecule has 1 amide bonds. The average Bonchev–Trinajstić information content (AvgIpc) is 2.81. The van der Waals surface area contributed by atoms with Crippen molar-refractivity contribution in [2.75, 3.05) is 13.1 Å². The first-order chi connectivity index (χ1) is 10.3. The van der Waals surface area contributed by atoms with E-state index in [1.807, 2.05) is 13.8 Å². The Balaban J connectivity index is 2.66. The number of halogens is 1. The first-order valence-corrected chi connectivity index (χ1v) is 7.72. The number of nitrogens with zero attached hydrogens (tertiary/aromatic N) is 5. The Labute approximate surface area is 135 Å². The van der Waals surface area contributed by atoms with Gasteiger partial charge in [-0.25, -0.2) is 9.78 Å². The number of rotatable bonds is 4. The molecule has 2 aromatic heterocycles. The van der Waals surface area contributed by atoms with Crippen molar-refractivity contribution in [3.63, 3.8) is 0 Å². The van der Waals surface area contributed by atoms with Crippen LogP contribution in [0.1, 0.15) is 13.8 Å². The lowest BCUT2D eigenvalue weighted by atomic mass is 10.4. The monoisotopic (exact) mass is 371 g/mol. The second kappa shape index (κ2) is 6.07. The van der Waals surface area contributed by atoms with Crippen LogP contribution in [0.15, 0.2) is 14.3 Å². The predicted molar refractivity (Wildman–Crippen MR) is 85.8 cm³/mol. The van der Waals surface area contributed by atoms with Gasteiger partial charge in [0.15, 0.2) is 15.9 Å². The highest BCUT2D eigenvalue weighted by Crippen LogP contribution is 2.16. The maximum Gasteiger partial charge on any atom is 0.332 e. The van der Waals surface area contributed by atoms with Crippen molar-refractivity contribution in [1.29, 1.82) is 0 Å². The van der Waals surface area contributed by atoms with E-state index in [2.05, 4.69) is 20.9 Å². The van der Waals surface area contributed by atoms with Crippen molar-refractivity contribution >= 4 is 33.0 Å². The zero-order valence-electron chi connectivity index (χ0n) is 13.0. The summed E-state index contributed by atoms with van der Waals surface area (Å²) in [4.78, 5) is 42.4. The number of likely N-dealkylation sites (N-methyl/N-ethyl adjacent to an activating group) is 1. The molecule has 0 atom stereocenters. The molecular formula is C13H18BrN5O3. The van der Waals surface area contributed by atoms with Gasteiger partial charge in [-0.3, -0.25) is 23.3 Å². The quantitative estimate of drug-likeness (QED) is 0.711. The number of carbonyl (C=O) groups is 1. The third-order valence-corrected chi connectivity index (χ3v) is 4.31. The number of aromatic nitrogens is 4. The zero-order chi connectivity index (χ0) is 16.6. The van der Waals surface area contributed by atoms with Crippen LogP contribution in [-0.4, -0.2) is 42.6 Å². The molecule has 0 radical (unpaired) electrons. The fourth-order valence-corrected chi connectivity index (χ4v) is 2.88. The number of imidazole rings is 1. The summed E-state index contributed by atoms with van der Waals surface area (Å²) >= 11 is 3.27.